The summed E-state index contributed by atoms with van der Waals surface area (Å²) in [5.41, 5.74) is 5.67. The Morgan fingerprint density at radius 1 is 1.56 bits per heavy atom. The summed E-state index contributed by atoms with van der Waals surface area (Å²) in [6.07, 6.45) is 1.07. The molecule has 3 heteroatoms. The number of rotatable bonds is 3. The molecule has 0 aromatic rings. The minimum absolute atomic E-state index is 0.00463. The maximum absolute atomic E-state index is 5.67. The van der Waals surface area contributed by atoms with Crippen molar-refractivity contribution in [3.05, 3.63) is 0 Å². The van der Waals surface area contributed by atoms with E-state index < -0.39 is 0 Å². The third kappa shape index (κ3) is 2.79. The molecule has 0 aliphatic rings. The number of hydrogen-bond donors (Lipinski definition) is 2. The van der Waals surface area contributed by atoms with Crippen molar-refractivity contribution >= 4 is 0 Å². The standard InChI is InChI=1S/C6H17N3/c1-4-5(2)6(7)9(3)8/h5-6H,4,7-8H2,1-3H3. The Kier molecular flexibility index (Phi) is 3.77. The predicted molar refractivity (Wildman–Crippen MR) is 39.4 cm³/mol. The van der Waals surface area contributed by atoms with Gasteiger partial charge in [0.2, 0.25) is 0 Å². The van der Waals surface area contributed by atoms with Gasteiger partial charge in [-0.05, 0) is 5.92 Å². The first-order chi connectivity index (χ1) is 4.09. The molecule has 0 aliphatic carbocycles. The summed E-state index contributed by atoms with van der Waals surface area (Å²) in [4.78, 5) is 0. The van der Waals surface area contributed by atoms with Crippen molar-refractivity contribution < 1.29 is 0 Å². The maximum atomic E-state index is 5.67. The molecular weight excluding hydrogens is 114 g/mol. The second-order valence-electron chi connectivity index (χ2n) is 2.54. The molecule has 0 heterocycles. The lowest BCUT2D eigenvalue weighted by Crippen LogP contribution is -2.47. The van der Waals surface area contributed by atoms with Crippen LogP contribution in [0.2, 0.25) is 0 Å². The van der Waals surface area contributed by atoms with Crippen LogP contribution in [0, 0.1) is 5.92 Å². The number of hydrazine groups is 1. The molecule has 0 aromatic heterocycles. The van der Waals surface area contributed by atoms with Crippen LogP contribution >= 0.6 is 0 Å². The van der Waals surface area contributed by atoms with Gasteiger partial charge in [-0.15, -0.1) is 0 Å². The van der Waals surface area contributed by atoms with E-state index in [2.05, 4.69) is 13.8 Å². The van der Waals surface area contributed by atoms with Gasteiger partial charge in [0.1, 0.15) is 0 Å². The molecule has 2 unspecified atom stereocenters. The Morgan fingerprint density at radius 2 is 2.00 bits per heavy atom. The van der Waals surface area contributed by atoms with E-state index in [1.165, 1.54) is 0 Å². The van der Waals surface area contributed by atoms with Crippen LogP contribution in [-0.2, 0) is 0 Å². The van der Waals surface area contributed by atoms with Crippen LogP contribution in [0.4, 0.5) is 0 Å². The van der Waals surface area contributed by atoms with Crippen LogP contribution in [0.25, 0.3) is 0 Å². The molecule has 4 N–H and O–H groups in total. The Balaban J connectivity index is 3.58. The first-order valence-corrected chi connectivity index (χ1v) is 3.32. The topological polar surface area (TPSA) is 55.3 Å². The van der Waals surface area contributed by atoms with E-state index in [1.807, 2.05) is 0 Å². The van der Waals surface area contributed by atoms with Crippen molar-refractivity contribution in [1.29, 1.82) is 0 Å². The molecule has 0 saturated heterocycles. The molecule has 56 valence electrons. The second-order valence-corrected chi connectivity index (χ2v) is 2.54. The van der Waals surface area contributed by atoms with Crippen LogP contribution < -0.4 is 11.6 Å². The van der Waals surface area contributed by atoms with Crippen LogP contribution in [0.1, 0.15) is 20.3 Å². The Bertz CT molecular complexity index is 72.7. The molecule has 3 nitrogen and oxygen atoms in total. The summed E-state index contributed by atoms with van der Waals surface area (Å²) in [5.74, 6) is 5.89. The molecule has 0 amide bonds. The van der Waals surface area contributed by atoms with Gasteiger partial charge in [0, 0.05) is 7.05 Å². The smallest absolute Gasteiger partial charge is 0.0728 e. The third-order valence-corrected chi connectivity index (χ3v) is 1.70. The lowest BCUT2D eigenvalue weighted by molar-refractivity contribution is 0.188. The zero-order chi connectivity index (χ0) is 7.44. The van der Waals surface area contributed by atoms with Crippen LogP contribution in [0.15, 0.2) is 0 Å². The number of hydrogen-bond acceptors (Lipinski definition) is 3. The number of nitrogens with zero attached hydrogens (tertiary/aromatic N) is 1. The van der Waals surface area contributed by atoms with Crippen LogP contribution in [0.5, 0.6) is 0 Å². The van der Waals surface area contributed by atoms with E-state index >= 15 is 0 Å². The Labute approximate surface area is 57.0 Å². The molecule has 9 heavy (non-hydrogen) atoms. The zero-order valence-electron chi connectivity index (χ0n) is 6.46. The summed E-state index contributed by atoms with van der Waals surface area (Å²) in [6, 6.07) is 0. The third-order valence-electron chi connectivity index (χ3n) is 1.70. The first kappa shape index (κ1) is 8.88. The SMILES string of the molecule is CCC(C)C(N)N(C)N. The molecular formula is C6H17N3. The number of nitrogens with two attached hydrogens (primary N) is 2. The normalized spacial score (nSPS) is 18.0. The highest BCUT2D eigenvalue weighted by molar-refractivity contribution is 4.62. The minimum Gasteiger partial charge on any atom is -0.315 e. The summed E-state index contributed by atoms with van der Waals surface area (Å²) in [7, 11) is 1.79. The van der Waals surface area contributed by atoms with Crippen molar-refractivity contribution in [2.75, 3.05) is 7.05 Å². The van der Waals surface area contributed by atoms with E-state index in [1.54, 1.807) is 12.1 Å². The first-order valence-electron chi connectivity index (χ1n) is 3.32. The highest BCUT2D eigenvalue weighted by Gasteiger charge is 2.11. The lowest BCUT2D eigenvalue weighted by Gasteiger charge is -2.24. The van der Waals surface area contributed by atoms with E-state index in [9.17, 15) is 0 Å². The molecule has 2 atom stereocenters. The average Bonchev–Trinajstić information content (AvgIpc) is 1.84. The van der Waals surface area contributed by atoms with Crippen molar-refractivity contribution in [3.63, 3.8) is 0 Å². The van der Waals surface area contributed by atoms with Gasteiger partial charge in [-0.3, -0.25) is 5.84 Å². The summed E-state index contributed by atoms with van der Waals surface area (Å²) < 4.78 is 0. The van der Waals surface area contributed by atoms with E-state index in [4.69, 9.17) is 11.6 Å². The Morgan fingerprint density at radius 3 is 2.11 bits per heavy atom. The summed E-state index contributed by atoms with van der Waals surface area (Å²) >= 11 is 0. The fourth-order valence-corrected chi connectivity index (χ4v) is 0.643. The minimum atomic E-state index is -0.00463. The predicted octanol–water partition coefficient (Wildman–Crippen LogP) is 0.123. The van der Waals surface area contributed by atoms with Gasteiger partial charge in [0.15, 0.2) is 0 Å². The van der Waals surface area contributed by atoms with Crippen molar-refractivity contribution in [1.82, 2.24) is 5.01 Å². The Hall–Kier alpha value is -0.120. The van der Waals surface area contributed by atoms with Gasteiger partial charge in [-0.2, -0.15) is 0 Å². The molecule has 0 fully saturated rings. The fourth-order valence-electron chi connectivity index (χ4n) is 0.643. The monoisotopic (exact) mass is 131 g/mol. The molecule has 0 aromatic carbocycles. The highest BCUT2D eigenvalue weighted by Crippen LogP contribution is 2.04. The molecule has 0 bridgehead atoms. The summed E-state index contributed by atoms with van der Waals surface area (Å²) in [5, 5.41) is 1.55. The highest BCUT2D eigenvalue weighted by atomic mass is 15.4. The van der Waals surface area contributed by atoms with Gasteiger partial charge in [0.25, 0.3) is 0 Å². The van der Waals surface area contributed by atoms with E-state index in [0.29, 0.717) is 5.92 Å². The van der Waals surface area contributed by atoms with E-state index in [-0.39, 0.29) is 6.17 Å². The fraction of sp³-hybridized carbons (Fsp3) is 1.00. The van der Waals surface area contributed by atoms with Gasteiger partial charge < -0.3 is 5.73 Å². The maximum Gasteiger partial charge on any atom is 0.0728 e. The summed E-state index contributed by atoms with van der Waals surface area (Å²) in [6.45, 7) is 4.20. The molecule has 0 radical (unpaired) electrons. The largest absolute Gasteiger partial charge is 0.315 e. The molecule has 0 aliphatic heterocycles. The van der Waals surface area contributed by atoms with Crippen molar-refractivity contribution in [2.24, 2.45) is 17.5 Å². The van der Waals surface area contributed by atoms with Crippen molar-refractivity contribution in [2.45, 2.75) is 26.4 Å². The van der Waals surface area contributed by atoms with E-state index in [0.717, 1.165) is 6.42 Å². The molecule has 0 rings (SSSR count). The van der Waals surface area contributed by atoms with Gasteiger partial charge in [-0.1, -0.05) is 20.3 Å². The quantitative estimate of drug-likeness (QED) is 0.325. The lowest BCUT2D eigenvalue weighted by atomic mass is 10.1. The zero-order valence-corrected chi connectivity index (χ0v) is 6.46. The van der Waals surface area contributed by atoms with Crippen LogP contribution in [0.3, 0.4) is 0 Å². The second kappa shape index (κ2) is 3.82. The molecule has 0 spiro atoms. The van der Waals surface area contributed by atoms with Gasteiger partial charge in [-0.25, -0.2) is 5.01 Å². The van der Waals surface area contributed by atoms with Gasteiger partial charge in [0.05, 0.1) is 6.17 Å². The molecule has 0 saturated carbocycles. The average molecular weight is 131 g/mol. The van der Waals surface area contributed by atoms with Gasteiger partial charge >= 0.3 is 0 Å². The van der Waals surface area contributed by atoms with Crippen LogP contribution in [-0.4, -0.2) is 18.2 Å². The van der Waals surface area contributed by atoms with Crippen molar-refractivity contribution in [3.8, 4) is 0 Å².